The molecule has 0 bridgehead atoms. The largest absolute Gasteiger partial charge is 0.469 e. The summed E-state index contributed by atoms with van der Waals surface area (Å²) in [6.07, 6.45) is 2.59. The van der Waals surface area contributed by atoms with Crippen molar-refractivity contribution >= 4 is 11.6 Å². The van der Waals surface area contributed by atoms with Crippen LogP contribution in [0.25, 0.3) is 0 Å². The van der Waals surface area contributed by atoms with Gasteiger partial charge in [0.25, 0.3) is 0 Å². The topological polar surface area (TPSA) is 22.4 Å². The van der Waals surface area contributed by atoms with Crippen LogP contribution in [0.15, 0.2) is 71.3 Å². The molecule has 3 rings (SSSR count). The van der Waals surface area contributed by atoms with E-state index < -0.39 is 0 Å². The fourth-order valence-electron chi connectivity index (χ4n) is 2.80. The first-order valence-corrected chi connectivity index (χ1v) is 8.85. The Morgan fingerprint density at radius 1 is 0.960 bits per heavy atom. The van der Waals surface area contributed by atoms with Crippen molar-refractivity contribution in [3.05, 3.63) is 94.4 Å². The highest BCUT2D eigenvalue weighted by atomic mass is 35.5. The molecule has 0 amide bonds. The van der Waals surface area contributed by atoms with Crippen LogP contribution in [0.3, 0.4) is 0 Å². The van der Waals surface area contributed by atoms with Gasteiger partial charge >= 0.3 is 0 Å². The summed E-state index contributed by atoms with van der Waals surface area (Å²) < 4.78 is 11.6. The van der Waals surface area contributed by atoms with Crippen molar-refractivity contribution in [1.82, 2.24) is 0 Å². The molecule has 3 heteroatoms. The molecule has 0 saturated heterocycles. The predicted molar refractivity (Wildman–Crippen MR) is 102 cm³/mol. The SMILES string of the molecule is CC(C)(COCc1coc(Cc2ccccc2)c1)c1ccc(Cl)cc1. The van der Waals surface area contributed by atoms with Crippen molar-refractivity contribution in [2.75, 3.05) is 6.61 Å². The molecule has 130 valence electrons. The highest BCUT2D eigenvalue weighted by Crippen LogP contribution is 2.25. The number of hydrogen-bond acceptors (Lipinski definition) is 2. The lowest BCUT2D eigenvalue weighted by Crippen LogP contribution is -2.24. The minimum absolute atomic E-state index is 0.0683. The van der Waals surface area contributed by atoms with E-state index in [4.69, 9.17) is 20.8 Å². The van der Waals surface area contributed by atoms with E-state index >= 15 is 0 Å². The van der Waals surface area contributed by atoms with Crippen LogP contribution in [0.1, 0.15) is 36.3 Å². The summed E-state index contributed by atoms with van der Waals surface area (Å²) in [6, 6.07) is 20.3. The second kappa shape index (κ2) is 7.90. The van der Waals surface area contributed by atoms with Crippen molar-refractivity contribution in [3.63, 3.8) is 0 Å². The Bertz CT molecular complexity index is 788. The van der Waals surface area contributed by atoms with Crippen LogP contribution >= 0.6 is 11.6 Å². The fraction of sp³-hybridized carbons (Fsp3) is 0.273. The van der Waals surface area contributed by atoms with Gasteiger partial charge in [-0.25, -0.2) is 0 Å². The van der Waals surface area contributed by atoms with Gasteiger partial charge in [0.05, 0.1) is 19.5 Å². The molecule has 0 atom stereocenters. The van der Waals surface area contributed by atoms with Gasteiger partial charge in [-0.15, -0.1) is 0 Å². The van der Waals surface area contributed by atoms with Gasteiger partial charge in [0.1, 0.15) is 5.76 Å². The Hall–Kier alpha value is -2.03. The van der Waals surface area contributed by atoms with Crippen molar-refractivity contribution in [2.24, 2.45) is 0 Å². The quantitative estimate of drug-likeness (QED) is 0.517. The summed E-state index contributed by atoms with van der Waals surface area (Å²) in [6.45, 7) is 5.53. The Labute approximate surface area is 154 Å². The molecule has 3 aromatic rings. The first kappa shape index (κ1) is 17.8. The second-order valence-electron chi connectivity index (χ2n) is 6.97. The van der Waals surface area contributed by atoms with E-state index in [-0.39, 0.29) is 5.41 Å². The molecule has 0 aliphatic rings. The maximum atomic E-state index is 5.96. The number of furan rings is 1. The van der Waals surface area contributed by atoms with Crippen molar-refractivity contribution in [2.45, 2.75) is 32.3 Å². The summed E-state index contributed by atoms with van der Waals surface area (Å²) in [7, 11) is 0. The third kappa shape index (κ3) is 4.97. The lowest BCUT2D eigenvalue weighted by molar-refractivity contribution is 0.0822. The van der Waals surface area contributed by atoms with Gasteiger partial charge in [0, 0.05) is 22.4 Å². The molecule has 1 heterocycles. The zero-order chi connectivity index (χ0) is 17.7. The van der Waals surface area contributed by atoms with Gasteiger partial charge in [-0.05, 0) is 29.3 Å². The zero-order valence-electron chi connectivity index (χ0n) is 14.7. The summed E-state index contributed by atoms with van der Waals surface area (Å²) in [5.74, 6) is 0.960. The van der Waals surface area contributed by atoms with Crippen LogP contribution in [0.5, 0.6) is 0 Å². The first-order valence-electron chi connectivity index (χ1n) is 8.47. The van der Waals surface area contributed by atoms with E-state index in [9.17, 15) is 0 Å². The summed E-state index contributed by atoms with van der Waals surface area (Å²) in [4.78, 5) is 0. The Morgan fingerprint density at radius 2 is 1.68 bits per heavy atom. The zero-order valence-corrected chi connectivity index (χ0v) is 15.4. The maximum absolute atomic E-state index is 5.96. The van der Waals surface area contributed by atoms with E-state index in [1.807, 2.05) is 30.3 Å². The molecule has 0 fully saturated rings. The molecule has 0 aliphatic carbocycles. The van der Waals surface area contributed by atoms with E-state index in [0.29, 0.717) is 13.2 Å². The van der Waals surface area contributed by atoms with Crippen molar-refractivity contribution in [3.8, 4) is 0 Å². The van der Waals surface area contributed by atoms with Gasteiger partial charge in [-0.3, -0.25) is 0 Å². The molecule has 0 N–H and O–H groups in total. The molecule has 0 unspecified atom stereocenters. The minimum Gasteiger partial charge on any atom is -0.469 e. The number of rotatable bonds is 7. The third-order valence-electron chi connectivity index (χ3n) is 4.29. The minimum atomic E-state index is -0.0683. The number of ether oxygens (including phenoxy) is 1. The van der Waals surface area contributed by atoms with Crippen LogP contribution in [-0.2, 0) is 23.2 Å². The number of halogens is 1. The Kier molecular flexibility index (Phi) is 5.62. The normalized spacial score (nSPS) is 11.6. The Balaban J connectivity index is 1.53. The number of benzene rings is 2. The highest BCUT2D eigenvalue weighted by Gasteiger charge is 2.21. The fourth-order valence-corrected chi connectivity index (χ4v) is 2.93. The molecule has 2 aromatic carbocycles. The average molecular weight is 355 g/mol. The van der Waals surface area contributed by atoms with Crippen LogP contribution in [0.4, 0.5) is 0 Å². The third-order valence-corrected chi connectivity index (χ3v) is 4.54. The van der Waals surface area contributed by atoms with E-state index in [1.165, 1.54) is 11.1 Å². The highest BCUT2D eigenvalue weighted by molar-refractivity contribution is 6.30. The summed E-state index contributed by atoms with van der Waals surface area (Å²) in [5.41, 5.74) is 3.46. The van der Waals surface area contributed by atoms with Crippen LogP contribution in [-0.4, -0.2) is 6.61 Å². The number of hydrogen-bond donors (Lipinski definition) is 0. The first-order chi connectivity index (χ1) is 12.0. The van der Waals surface area contributed by atoms with Gasteiger partial charge in [-0.2, -0.15) is 0 Å². The molecule has 0 saturated carbocycles. The van der Waals surface area contributed by atoms with Gasteiger partial charge in [0.15, 0.2) is 0 Å². The van der Waals surface area contributed by atoms with Crippen LogP contribution < -0.4 is 0 Å². The lowest BCUT2D eigenvalue weighted by Gasteiger charge is -2.25. The van der Waals surface area contributed by atoms with E-state index in [0.717, 1.165) is 22.8 Å². The molecule has 0 aliphatic heterocycles. The Morgan fingerprint density at radius 3 is 2.40 bits per heavy atom. The summed E-state index contributed by atoms with van der Waals surface area (Å²) in [5, 5.41) is 0.754. The van der Waals surface area contributed by atoms with Gasteiger partial charge < -0.3 is 9.15 Å². The lowest BCUT2D eigenvalue weighted by atomic mass is 9.86. The molecular formula is C22H23ClO2. The van der Waals surface area contributed by atoms with Gasteiger partial charge in [-0.1, -0.05) is 67.9 Å². The monoisotopic (exact) mass is 354 g/mol. The standard InChI is InChI=1S/C22H23ClO2/c1-22(2,19-8-10-20(23)11-9-19)16-24-14-18-13-21(25-15-18)12-17-6-4-3-5-7-17/h3-11,13,15H,12,14,16H2,1-2H3. The predicted octanol–water partition coefficient (Wildman–Crippen LogP) is 6.02. The van der Waals surface area contributed by atoms with Crippen molar-refractivity contribution in [1.29, 1.82) is 0 Å². The molecule has 2 nitrogen and oxygen atoms in total. The van der Waals surface area contributed by atoms with E-state index in [1.54, 1.807) is 6.26 Å². The molecule has 25 heavy (non-hydrogen) atoms. The van der Waals surface area contributed by atoms with Gasteiger partial charge in [0.2, 0.25) is 0 Å². The summed E-state index contributed by atoms with van der Waals surface area (Å²) >= 11 is 5.96. The molecular weight excluding hydrogens is 332 g/mol. The second-order valence-corrected chi connectivity index (χ2v) is 7.40. The molecule has 0 spiro atoms. The molecule has 0 radical (unpaired) electrons. The maximum Gasteiger partial charge on any atom is 0.108 e. The van der Waals surface area contributed by atoms with Crippen LogP contribution in [0.2, 0.25) is 5.02 Å². The van der Waals surface area contributed by atoms with E-state index in [2.05, 4.69) is 44.2 Å². The van der Waals surface area contributed by atoms with Crippen LogP contribution in [0, 0.1) is 0 Å². The van der Waals surface area contributed by atoms with Crippen molar-refractivity contribution < 1.29 is 9.15 Å². The average Bonchev–Trinajstić information content (AvgIpc) is 3.03. The molecule has 1 aromatic heterocycles. The smallest absolute Gasteiger partial charge is 0.108 e.